The van der Waals surface area contributed by atoms with E-state index in [1.807, 2.05) is 20.8 Å². The number of likely N-dealkylation sites (tertiary alicyclic amines) is 1. The highest BCUT2D eigenvalue weighted by Crippen LogP contribution is 2.31. The van der Waals surface area contributed by atoms with Crippen LogP contribution < -0.4 is 0 Å². The lowest BCUT2D eigenvalue weighted by atomic mass is 9.96. The summed E-state index contributed by atoms with van der Waals surface area (Å²) < 4.78 is 5.76. The van der Waals surface area contributed by atoms with Crippen molar-refractivity contribution in [1.82, 2.24) is 4.90 Å². The van der Waals surface area contributed by atoms with Gasteiger partial charge in [0.05, 0.1) is 5.41 Å². The molecule has 3 nitrogen and oxygen atoms in total. The van der Waals surface area contributed by atoms with Crippen molar-refractivity contribution in [3.63, 3.8) is 0 Å². The van der Waals surface area contributed by atoms with Gasteiger partial charge in [0.25, 0.3) is 0 Å². The maximum atomic E-state index is 12.0. The van der Waals surface area contributed by atoms with Gasteiger partial charge in [0, 0.05) is 12.5 Å². The molecule has 1 saturated heterocycles. The van der Waals surface area contributed by atoms with Crippen LogP contribution in [-0.2, 0) is 9.53 Å². The lowest BCUT2D eigenvalue weighted by Crippen LogP contribution is -2.38. The number of carbonyl (C=O) groups is 1. The Morgan fingerprint density at radius 1 is 1.11 bits per heavy atom. The van der Waals surface area contributed by atoms with Crippen LogP contribution in [-0.4, -0.2) is 36.6 Å². The lowest BCUT2D eigenvalue weighted by molar-refractivity contribution is -0.160. The monoisotopic (exact) mass is 267 g/mol. The van der Waals surface area contributed by atoms with Gasteiger partial charge in [-0.15, -0.1) is 0 Å². The van der Waals surface area contributed by atoms with E-state index in [0.717, 1.165) is 13.0 Å². The summed E-state index contributed by atoms with van der Waals surface area (Å²) in [6, 6.07) is 0. The van der Waals surface area contributed by atoms with E-state index >= 15 is 0 Å². The molecule has 1 aliphatic carbocycles. The quantitative estimate of drug-likeness (QED) is 0.735. The first-order valence-corrected chi connectivity index (χ1v) is 7.90. The first-order valence-electron chi connectivity index (χ1n) is 7.90. The van der Waals surface area contributed by atoms with Crippen LogP contribution in [0.2, 0.25) is 0 Å². The van der Waals surface area contributed by atoms with Crippen molar-refractivity contribution in [2.75, 3.05) is 19.6 Å². The Morgan fingerprint density at radius 2 is 1.79 bits per heavy atom. The molecule has 0 spiro atoms. The molecule has 0 aromatic carbocycles. The Morgan fingerprint density at radius 3 is 2.42 bits per heavy atom. The number of hydrogen-bond donors (Lipinski definition) is 0. The minimum atomic E-state index is -0.377. The molecule has 0 aromatic heterocycles. The molecule has 0 N–H and O–H groups in total. The van der Waals surface area contributed by atoms with E-state index in [2.05, 4.69) is 4.90 Å². The van der Waals surface area contributed by atoms with Gasteiger partial charge in [-0.2, -0.15) is 0 Å². The van der Waals surface area contributed by atoms with Crippen LogP contribution in [0.1, 0.15) is 59.3 Å². The Hall–Kier alpha value is -0.570. The second-order valence-corrected chi connectivity index (χ2v) is 7.25. The number of carbonyl (C=O) groups excluding carboxylic acids is 1. The second kappa shape index (κ2) is 6.25. The van der Waals surface area contributed by atoms with E-state index in [0.29, 0.717) is 5.92 Å². The van der Waals surface area contributed by atoms with E-state index in [4.69, 9.17) is 4.74 Å². The first-order chi connectivity index (χ1) is 8.97. The third-order valence-electron chi connectivity index (χ3n) is 4.40. The van der Waals surface area contributed by atoms with Crippen molar-refractivity contribution >= 4 is 5.97 Å². The number of nitrogens with zero attached hydrogens (tertiary/aromatic N) is 1. The topological polar surface area (TPSA) is 29.5 Å². The predicted octanol–water partition coefficient (Wildman–Crippen LogP) is 3.23. The third kappa shape index (κ3) is 4.20. The van der Waals surface area contributed by atoms with Crippen molar-refractivity contribution in [2.45, 2.75) is 65.4 Å². The maximum Gasteiger partial charge on any atom is 0.311 e. The van der Waals surface area contributed by atoms with Crippen LogP contribution in [0.5, 0.6) is 0 Å². The van der Waals surface area contributed by atoms with Crippen LogP contribution in [0.15, 0.2) is 0 Å². The lowest BCUT2D eigenvalue weighted by Gasteiger charge is -2.32. The van der Waals surface area contributed by atoms with Crippen LogP contribution in [0.4, 0.5) is 0 Å². The fraction of sp³-hybridized carbons (Fsp3) is 0.938. The Bertz CT molecular complexity index is 302. The largest absolute Gasteiger partial charge is 0.462 e. The van der Waals surface area contributed by atoms with Gasteiger partial charge >= 0.3 is 5.97 Å². The first kappa shape index (κ1) is 14.8. The standard InChI is InChI=1S/C16H29NO2/c1-16(2,3)15(18)19-14-9-7-8-13(14)12-17-10-5-4-6-11-17/h13-14H,4-12H2,1-3H3/t13-,14+/m0/s1. The van der Waals surface area contributed by atoms with Gasteiger partial charge in [-0.1, -0.05) is 6.42 Å². The highest BCUT2D eigenvalue weighted by molar-refractivity contribution is 5.75. The summed E-state index contributed by atoms with van der Waals surface area (Å²) in [6.45, 7) is 9.40. The summed E-state index contributed by atoms with van der Waals surface area (Å²) in [5.41, 5.74) is -0.377. The minimum absolute atomic E-state index is 0.0388. The summed E-state index contributed by atoms with van der Waals surface area (Å²) in [7, 11) is 0. The van der Waals surface area contributed by atoms with E-state index in [1.165, 1.54) is 45.2 Å². The van der Waals surface area contributed by atoms with Crippen LogP contribution in [0.3, 0.4) is 0 Å². The van der Waals surface area contributed by atoms with E-state index < -0.39 is 0 Å². The molecule has 110 valence electrons. The van der Waals surface area contributed by atoms with Crippen LogP contribution in [0.25, 0.3) is 0 Å². The summed E-state index contributed by atoms with van der Waals surface area (Å²) in [4.78, 5) is 14.6. The Kier molecular flexibility index (Phi) is 4.88. The summed E-state index contributed by atoms with van der Waals surface area (Å²) in [5.74, 6) is 0.521. The van der Waals surface area contributed by atoms with E-state index in [-0.39, 0.29) is 17.5 Å². The molecule has 0 unspecified atom stereocenters. The van der Waals surface area contributed by atoms with Crippen LogP contribution in [0, 0.1) is 11.3 Å². The van der Waals surface area contributed by atoms with Gasteiger partial charge < -0.3 is 9.64 Å². The summed E-state index contributed by atoms with van der Waals surface area (Å²) in [5, 5.41) is 0. The average molecular weight is 267 g/mol. The summed E-state index contributed by atoms with van der Waals surface area (Å²) >= 11 is 0. The van der Waals surface area contributed by atoms with Crippen molar-refractivity contribution in [3.8, 4) is 0 Å². The van der Waals surface area contributed by atoms with Gasteiger partial charge in [-0.05, 0) is 66.0 Å². The zero-order valence-electron chi connectivity index (χ0n) is 12.8. The van der Waals surface area contributed by atoms with E-state index in [1.54, 1.807) is 0 Å². The van der Waals surface area contributed by atoms with Gasteiger partial charge in [-0.25, -0.2) is 0 Å². The zero-order chi connectivity index (χ0) is 13.9. The van der Waals surface area contributed by atoms with Crippen molar-refractivity contribution in [2.24, 2.45) is 11.3 Å². The van der Waals surface area contributed by atoms with Crippen molar-refractivity contribution in [1.29, 1.82) is 0 Å². The third-order valence-corrected chi connectivity index (χ3v) is 4.40. The number of piperidine rings is 1. The molecule has 1 aliphatic heterocycles. The fourth-order valence-electron chi connectivity index (χ4n) is 3.15. The molecule has 2 atom stereocenters. The molecule has 2 rings (SSSR count). The normalized spacial score (nSPS) is 29.4. The molecular formula is C16H29NO2. The molecule has 3 heteroatoms. The fourth-order valence-corrected chi connectivity index (χ4v) is 3.15. The highest BCUT2D eigenvalue weighted by Gasteiger charge is 2.34. The molecule has 0 bridgehead atoms. The number of ether oxygens (including phenoxy) is 1. The molecule has 1 saturated carbocycles. The second-order valence-electron chi connectivity index (χ2n) is 7.25. The van der Waals surface area contributed by atoms with Gasteiger partial charge in [0.2, 0.25) is 0 Å². The molecule has 2 aliphatic rings. The van der Waals surface area contributed by atoms with Crippen molar-refractivity contribution < 1.29 is 9.53 Å². The van der Waals surface area contributed by atoms with Gasteiger partial charge in [-0.3, -0.25) is 4.79 Å². The molecule has 19 heavy (non-hydrogen) atoms. The molecule has 0 radical (unpaired) electrons. The SMILES string of the molecule is CC(C)(C)C(=O)O[C@@H]1CCC[C@H]1CN1CCCCC1. The predicted molar refractivity (Wildman–Crippen MR) is 77.0 cm³/mol. The molecule has 1 heterocycles. The number of esters is 1. The van der Waals surface area contributed by atoms with Gasteiger partial charge in [0.1, 0.15) is 6.10 Å². The van der Waals surface area contributed by atoms with Gasteiger partial charge in [0.15, 0.2) is 0 Å². The highest BCUT2D eigenvalue weighted by atomic mass is 16.5. The zero-order valence-corrected chi connectivity index (χ0v) is 12.8. The number of rotatable bonds is 3. The molecular weight excluding hydrogens is 238 g/mol. The van der Waals surface area contributed by atoms with Crippen LogP contribution >= 0.6 is 0 Å². The summed E-state index contributed by atoms with van der Waals surface area (Å²) in [6.07, 6.45) is 7.69. The Balaban J connectivity index is 1.84. The number of hydrogen-bond acceptors (Lipinski definition) is 3. The molecule has 2 fully saturated rings. The average Bonchev–Trinajstić information content (AvgIpc) is 2.77. The minimum Gasteiger partial charge on any atom is -0.462 e. The smallest absolute Gasteiger partial charge is 0.311 e. The van der Waals surface area contributed by atoms with Crippen molar-refractivity contribution in [3.05, 3.63) is 0 Å². The molecule has 0 aromatic rings. The Labute approximate surface area is 117 Å². The maximum absolute atomic E-state index is 12.0. The molecule has 0 amide bonds. The van der Waals surface area contributed by atoms with E-state index in [9.17, 15) is 4.79 Å².